The van der Waals surface area contributed by atoms with Crippen LogP contribution in [0.15, 0.2) is 23.2 Å². The fraction of sp³-hybridized carbons (Fsp3) is 0.571. The minimum atomic E-state index is -4.00. The monoisotopic (exact) mass is 512 g/mol. The third kappa shape index (κ3) is 6.70. The van der Waals surface area contributed by atoms with Gasteiger partial charge in [0.05, 0.1) is 21.7 Å². The maximum atomic E-state index is 12.6. The highest BCUT2D eigenvalue weighted by molar-refractivity contribution is 7.92. The first-order chi connectivity index (χ1) is 16.1. The van der Waals surface area contributed by atoms with E-state index in [1.54, 1.807) is 10.6 Å². The second-order valence-corrected chi connectivity index (χ2v) is 11.3. The number of ether oxygens (including phenoxy) is 1. The average Bonchev–Trinajstić information content (AvgIpc) is 3.09. The number of hydrogen-bond donors (Lipinski definition) is 0. The summed E-state index contributed by atoms with van der Waals surface area (Å²) in [7, 11) is -4.00. The zero-order valence-corrected chi connectivity index (χ0v) is 20.8. The quantitative estimate of drug-likeness (QED) is 0.283. The molecule has 2 heterocycles. The van der Waals surface area contributed by atoms with Crippen LogP contribution in [0.1, 0.15) is 26.7 Å². The van der Waals surface area contributed by atoms with Gasteiger partial charge < -0.3 is 14.2 Å². The number of piperidine rings is 1. The molecule has 0 N–H and O–H groups in total. The third-order valence-corrected chi connectivity index (χ3v) is 7.87. The summed E-state index contributed by atoms with van der Waals surface area (Å²) in [6.07, 6.45) is 1.82. The lowest BCUT2D eigenvalue weighted by atomic mass is 10.0. The van der Waals surface area contributed by atoms with Gasteiger partial charge in [0.25, 0.3) is 11.6 Å². The van der Waals surface area contributed by atoms with E-state index in [0.29, 0.717) is 49.0 Å². The standard InChI is InChI=1S/C21H28N4O7S2/c1-3-32-10-9-24-17-7-6-16(25(28)29)11-18(17)33-21(24)22-19(26)13-34(30,31)14-20(27)23-8-4-5-15(2)12-23/h6-7,11,15H,3-5,8-10,12-14H2,1-2H3. The number of likely N-dealkylation sites (tertiary alicyclic amines) is 1. The summed E-state index contributed by atoms with van der Waals surface area (Å²) in [6, 6.07) is 4.31. The number of non-ortho nitro benzene ring substituents is 1. The lowest BCUT2D eigenvalue weighted by Gasteiger charge is -2.30. The minimum Gasteiger partial charge on any atom is -0.380 e. The summed E-state index contributed by atoms with van der Waals surface area (Å²) in [4.78, 5) is 41.3. The first-order valence-electron chi connectivity index (χ1n) is 11.0. The van der Waals surface area contributed by atoms with Crippen LogP contribution in [0.5, 0.6) is 0 Å². The summed E-state index contributed by atoms with van der Waals surface area (Å²) in [6.45, 7) is 6.02. The number of sulfone groups is 1. The van der Waals surface area contributed by atoms with Crippen LogP contribution in [0, 0.1) is 16.0 Å². The van der Waals surface area contributed by atoms with E-state index in [1.807, 2.05) is 13.8 Å². The van der Waals surface area contributed by atoms with E-state index in [-0.39, 0.29) is 10.5 Å². The number of benzene rings is 1. The molecule has 1 aromatic heterocycles. The lowest BCUT2D eigenvalue weighted by Crippen LogP contribution is -2.42. The number of fused-ring (bicyclic) bond motifs is 1. The van der Waals surface area contributed by atoms with Gasteiger partial charge in [-0.25, -0.2) is 8.42 Å². The number of carbonyl (C=O) groups is 2. The maximum absolute atomic E-state index is 12.6. The third-order valence-electron chi connectivity index (χ3n) is 5.46. The van der Waals surface area contributed by atoms with Gasteiger partial charge in [0, 0.05) is 38.4 Å². The summed E-state index contributed by atoms with van der Waals surface area (Å²) in [5.41, 5.74) is 0.524. The van der Waals surface area contributed by atoms with Crippen molar-refractivity contribution in [2.45, 2.75) is 33.2 Å². The van der Waals surface area contributed by atoms with Crippen LogP contribution in [0.2, 0.25) is 0 Å². The van der Waals surface area contributed by atoms with Crippen LogP contribution in [-0.2, 0) is 30.7 Å². The number of amides is 2. The number of nitro groups is 1. The molecule has 13 heteroatoms. The molecule has 34 heavy (non-hydrogen) atoms. The normalized spacial score (nSPS) is 17.3. The molecule has 1 aromatic carbocycles. The van der Waals surface area contributed by atoms with Crippen LogP contribution in [-0.4, -0.2) is 72.4 Å². The Morgan fingerprint density at radius 2 is 2.09 bits per heavy atom. The SMILES string of the molecule is CCOCCn1c(=NC(=O)CS(=O)(=O)CC(=O)N2CCCC(C)C2)sc2cc([N+](=O)[O-])ccc21. The van der Waals surface area contributed by atoms with Crippen molar-refractivity contribution in [1.29, 1.82) is 0 Å². The number of nitro benzene ring substituents is 1. The first kappa shape index (κ1) is 26.0. The Morgan fingerprint density at radius 1 is 1.32 bits per heavy atom. The zero-order chi connectivity index (χ0) is 24.9. The van der Waals surface area contributed by atoms with Crippen LogP contribution in [0.25, 0.3) is 10.2 Å². The van der Waals surface area contributed by atoms with E-state index in [9.17, 15) is 28.1 Å². The second-order valence-electron chi connectivity index (χ2n) is 8.27. The molecule has 1 atom stereocenters. The highest BCUT2D eigenvalue weighted by Gasteiger charge is 2.27. The van der Waals surface area contributed by atoms with Crippen molar-refractivity contribution in [3.05, 3.63) is 33.1 Å². The molecule has 0 bridgehead atoms. The Labute approximate surface area is 201 Å². The smallest absolute Gasteiger partial charge is 0.270 e. The molecule has 2 aromatic rings. The van der Waals surface area contributed by atoms with Crippen molar-refractivity contribution < 1.29 is 27.7 Å². The average molecular weight is 513 g/mol. The minimum absolute atomic E-state index is 0.100. The molecule has 1 aliphatic rings. The Bertz CT molecular complexity index is 1250. The topological polar surface area (TPSA) is 141 Å². The Morgan fingerprint density at radius 3 is 2.76 bits per heavy atom. The number of thiazole rings is 1. The molecule has 3 rings (SSSR count). The molecule has 1 saturated heterocycles. The molecule has 0 aliphatic carbocycles. The maximum Gasteiger partial charge on any atom is 0.270 e. The fourth-order valence-corrected chi connectivity index (χ4v) is 6.06. The highest BCUT2D eigenvalue weighted by atomic mass is 32.2. The van der Waals surface area contributed by atoms with Gasteiger partial charge in [-0.1, -0.05) is 18.3 Å². The Hall–Kier alpha value is -2.64. The molecule has 186 valence electrons. The highest BCUT2D eigenvalue weighted by Crippen LogP contribution is 2.23. The van der Waals surface area contributed by atoms with Crippen LogP contribution in [0.4, 0.5) is 5.69 Å². The van der Waals surface area contributed by atoms with Crippen LogP contribution < -0.4 is 4.80 Å². The van der Waals surface area contributed by atoms with Gasteiger partial charge in [-0.3, -0.25) is 19.7 Å². The van der Waals surface area contributed by atoms with E-state index >= 15 is 0 Å². The molecule has 1 aliphatic heterocycles. The van der Waals surface area contributed by atoms with E-state index in [0.717, 1.165) is 24.2 Å². The van der Waals surface area contributed by atoms with Crippen molar-refractivity contribution in [1.82, 2.24) is 9.47 Å². The van der Waals surface area contributed by atoms with E-state index in [2.05, 4.69) is 4.99 Å². The molecule has 1 unspecified atom stereocenters. The molecule has 2 amide bonds. The number of hydrogen-bond acceptors (Lipinski definition) is 8. The van der Waals surface area contributed by atoms with Gasteiger partial charge in [0.1, 0.15) is 11.5 Å². The first-order valence-corrected chi connectivity index (χ1v) is 13.6. The van der Waals surface area contributed by atoms with Gasteiger partial charge in [-0.2, -0.15) is 4.99 Å². The van der Waals surface area contributed by atoms with E-state index in [4.69, 9.17) is 4.74 Å². The van der Waals surface area contributed by atoms with Crippen molar-refractivity contribution in [2.24, 2.45) is 10.9 Å². The Kier molecular flexibility index (Phi) is 8.55. The second kappa shape index (κ2) is 11.2. The molecule has 0 spiro atoms. The fourth-order valence-electron chi connectivity index (χ4n) is 3.85. The van der Waals surface area contributed by atoms with E-state index < -0.39 is 38.1 Å². The molecular formula is C21H28N4O7S2. The number of carbonyl (C=O) groups excluding carboxylic acids is 2. The van der Waals surface area contributed by atoms with Crippen molar-refractivity contribution in [3.63, 3.8) is 0 Å². The largest absolute Gasteiger partial charge is 0.380 e. The predicted octanol–water partition coefficient (Wildman–Crippen LogP) is 1.75. The number of aromatic nitrogens is 1. The van der Waals surface area contributed by atoms with Gasteiger partial charge in [-0.15, -0.1) is 0 Å². The summed E-state index contributed by atoms with van der Waals surface area (Å²) >= 11 is 1.05. The van der Waals surface area contributed by atoms with Gasteiger partial charge in [0.15, 0.2) is 14.6 Å². The summed E-state index contributed by atoms with van der Waals surface area (Å²) in [5.74, 6) is -2.70. The van der Waals surface area contributed by atoms with Crippen molar-refractivity contribution in [3.8, 4) is 0 Å². The number of nitrogens with zero attached hydrogens (tertiary/aromatic N) is 4. The zero-order valence-electron chi connectivity index (χ0n) is 19.1. The molecule has 1 fully saturated rings. The molecular weight excluding hydrogens is 484 g/mol. The number of rotatable bonds is 9. The van der Waals surface area contributed by atoms with Crippen molar-refractivity contribution in [2.75, 3.05) is 37.8 Å². The van der Waals surface area contributed by atoms with Crippen LogP contribution in [0.3, 0.4) is 0 Å². The van der Waals surface area contributed by atoms with Gasteiger partial charge in [-0.05, 0) is 31.7 Å². The van der Waals surface area contributed by atoms with Crippen molar-refractivity contribution >= 4 is 48.9 Å². The van der Waals surface area contributed by atoms with E-state index in [1.165, 1.54) is 17.0 Å². The van der Waals surface area contributed by atoms with Gasteiger partial charge >= 0.3 is 0 Å². The molecule has 11 nitrogen and oxygen atoms in total. The Balaban J connectivity index is 1.82. The molecule has 0 saturated carbocycles. The molecule has 0 radical (unpaired) electrons. The van der Waals surface area contributed by atoms with Crippen LogP contribution >= 0.6 is 11.3 Å². The van der Waals surface area contributed by atoms with Gasteiger partial charge in [0.2, 0.25) is 5.91 Å². The summed E-state index contributed by atoms with van der Waals surface area (Å²) in [5, 5.41) is 11.1. The predicted molar refractivity (Wildman–Crippen MR) is 127 cm³/mol. The summed E-state index contributed by atoms with van der Waals surface area (Å²) < 4.78 is 32.6. The lowest BCUT2D eigenvalue weighted by molar-refractivity contribution is -0.384.